The molecule has 1 aromatic heterocycles. The number of nitrogens with zero attached hydrogens (tertiary/aromatic N) is 2. The molecule has 114 valence electrons. The van der Waals surface area contributed by atoms with Gasteiger partial charge in [-0.25, -0.2) is 4.79 Å². The van der Waals surface area contributed by atoms with Crippen LogP contribution in [0.5, 0.6) is 0 Å². The molecule has 4 nitrogen and oxygen atoms in total. The largest absolute Gasteiger partial charge is 0.478 e. The highest BCUT2D eigenvalue weighted by molar-refractivity contribution is 5.98. The predicted octanol–water partition coefficient (Wildman–Crippen LogP) is 4.06. The first-order valence-corrected chi connectivity index (χ1v) is 7.26. The Morgan fingerprint density at radius 2 is 2.23 bits per heavy atom. The Balaban J connectivity index is 2.53. The molecule has 1 aromatic carbocycles. The van der Waals surface area contributed by atoms with Crippen molar-refractivity contribution >= 4 is 22.6 Å². The van der Waals surface area contributed by atoms with Crippen LogP contribution in [0.4, 0.5) is 0 Å². The van der Waals surface area contributed by atoms with Crippen molar-refractivity contribution in [3.05, 3.63) is 60.5 Å². The molecule has 22 heavy (non-hydrogen) atoms. The number of fused-ring (bicyclic) bond motifs is 1. The standard InChI is InChI=1S/C18H20N2O2/c1-4-7-15(19-6-3)12-20-11-13(5-2)16-10-14(18(21)22)8-9-17(16)20/h4,6-11H,3,5,12H2,1-2H3,(H,21,22)/b7-4-,19-15?. The van der Waals surface area contributed by atoms with Crippen molar-refractivity contribution in [1.29, 1.82) is 0 Å². The van der Waals surface area contributed by atoms with Crippen molar-refractivity contribution in [2.45, 2.75) is 26.8 Å². The number of benzene rings is 1. The average Bonchev–Trinajstić information content (AvgIpc) is 2.85. The second kappa shape index (κ2) is 6.89. The Hall–Kier alpha value is -2.62. The van der Waals surface area contributed by atoms with Crippen LogP contribution >= 0.6 is 0 Å². The third-order valence-corrected chi connectivity index (χ3v) is 3.54. The smallest absolute Gasteiger partial charge is 0.335 e. The number of hydrogen-bond acceptors (Lipinski definition) is 2. The number of carbonyl (C=O) groups is 1. The molecule has 0 bridgehead atoms. The first kappa shape index (κ1) is 15.8. The minimum Gasteiger partial charge on any atom is -0.478 e. The highest BCUT2D eigenvalue weighted by Crippen LogP contribution is 2.24. The van der Waals surface area contributed by atoms with Crippen LogP contribution < -0.4 is 0 Å². The van der Waals surface area contributed by atoms with Gasteiger partial charge in [0, 0.05) is 23.3 Å². The van der Waals surface area contributed by atoms with Gasteiger partial charge in [-0.1, -0.05) is 19.6 Å². The number of aryl methyl sites for hydroxylation is 1. The zero-order chi connectivity index (χ0) is 16.1. The van der Waals surface area contributed by atoms with E-state index in [1.165, 1.54) is 6.20 Å². The lowest BCUT2D eigenvalue weighted by molar-refractivity contribution is 0.0697. The molecule has 0 amide bonds. The lowest BCUT2D eigenvalue weighted by Crippen LogP contribution is -2.06. The molecule has 0 spiro atoms. The van der Waals surface area contributed by atoms with Gasteiger partial charge in [-0.3, -0.25) is 4.99 Å². The van der Waals surface area contributed by atoms with Gasteiger partial charge in [0.2, 0.25) is 0 Å². The summed E-state index contributed by atoms with van der Waals surface area (Å²) in [4.78, 5) is 15.4. The molecule has 0 radical (unpaired) electrons. The maximum atomic E-state index is 11.2. The van der Waals surface area contributed by atoms with Gasteiger partial charge in [-0.15, -0.1) is 0 Å². The van der Waals surface area contributed by atoms with Gasteiger partial charge in [0.15, 0.2) is 0 Å². The molecule has 0 saturated heterocycles. The number of aromatic nitrogens is 1. The molecule has 0 atom stereocenters. The van der Waals surface area contributed by atoms with E-state index in [1.807, 2.05) is 25.1 Å². The summed E-state index contributed by atoms with van der Waals surface area (Å²) in [5.74, 6) is -0.903. The summed E-state index contributed by atoms with van der Waals surface area (Å²) < 4.78 is 2.10. The van der Waals surface area contributed by atoms with Crippen molar-refractivity contribution in [2.75, 3.05) is 0 Å². The van der Waals surface area contributed by atoms with Crippen LogP contribution in [0.25, 0.3) is 10.9 Å². The normalized spacial score (nSPS) is 12.2. The van der Waals surface area contributed by atoms with Gasteiger partial charge >= 0.3 is 5.97 Å². The van der Waals surface area contributed by atoms with Gasteiger partial charge in [0.1, 0.15) is 0 Å². The van der Waals surface area contributed by atoms with Crippen LogP contribution in [0.15, 0.2) is 54.3 Å². The van der Waals surface area contributed by atoms with Gasteiger partial charge in [0.05, 0.1) is 17.8 Å². The van der Waals surface area contributed by atoms with E-state index >= 15 is 0 Å². The number of rotatable bonds is 6. The molecular weight excluding hydrogens is 276 g/mol. The molecule has 0 aliphatic carbocycles. The molecule has 2 rings (SSSR count). The zero-order valence-electron chi connectivity index (χ0n) is 12.9. The monoisotopic (exact) mass is 296 g/mol. The Morgan fingerprint density at radius 3 is 2.82 bits per heavy atom. The average molecular weight is 296 g/mol. The SMILES string of the molecule is C=CN=C(/C=C\C)Cn1cc(CC)c2cc(C(=O)O)ccc21. The van der Waals surface area contributed by atoms with Crippen LogP contribution in [-0.4, -0.2) is 21.4 Å². The highest BCUT2D eigenvalue weighted by Gasteiger charge is 2.11. The number of carboxylic acid groups (broad SMARTS) is 1. The number of carboxylic acids is 1. The van der Waals surface area contributed by atoms with Gasteiger partial charge < -0.3 is 9.67 Å². The van der Waals surface area contributed by atoms with E-state index in [1.54, 1.807) is 12.1 Å². The quantitative estimate of drug-likeness (QED) is 0.817. The maximum absolute atomic E-state index is 11.2. The number of hydrogen-bond donors (Lipinski definition) is 1. The third kappa shape index (κ3) is 3.17. The molecule has 1 heterocycles. The van der Waals surface area contributed by atoms with E-state index in [-0.39, 0.29) is 0 Å². The van der Waals surface area contributed by atoms with Crippen LogP contribution in [0, 0.1) is 0 Å². The zero-order valence-corrected chi connectivity index (χ0v) is 12.9. The highest BCUT2D eigenvalue weighted by atomic mass is 16.4. The Kier molecular flexibility index (Phi) is 4.94. The maximum Gasteiger partial charge on any atom is 0.335 e. The number of aromatic carboxylic acids is 1. The van der Waals surface area contributed by atoms with Crippen LogP contribution in [-0.2, 0) is 13.0 Å². The topological polar surface area (TPSA) is 54.6 Å². The fraction of sp³-hybridized carbons (Fsp3) is 0.222. The second-order valence-corrected chi connectivity index (χ2v) is 4.98. The van der Waals surface area contributed by atoms with Gasteiger partial charge in [-0.2, -0.15) is 0 Å². The summed E-state index contributed by atoms with van der Waals surface area (Å²) in [6.45, 7) is 8.28. The van der Waals surface area contributed by atoms with E-state index in [4.69, 9.17) is 5.11 Å². The Bertz CT molecular complexity index is 767. The summed E-state index contributed by atoms with van der Waals surface area (Å²) in [6.07, 6.45) is 8.34. The summed E-state index contributed by atoms with van der Waals surface area (Å²) in [5.41, 5.74) is 3.37. The molecule has 0 fully saturated rings. The molecular formula is C18H20N2O2. The first-order valence-electron chi connectivity index (χ1n) is 7.26. The molecule has 0 unspecified atom stereocenters. The van der Waals surface area contributed by atoms with E-state index in [2.05, 4.69) is 29.3 Å². The molecule has 0 aliphatic heterocycles. The van der Waals surface area contributed by atoms with Crippen LogP contribution in [0.3, 0.4) is 0 Å². The van der Waals surface area contributed by atoms with Crippen molar-refractivity contribution in [2.24, 2.45) is 4.99 Å². The lowest BCUT2D eigenvalue weighted by Gasteiger charge is -2.05. The lowest BCUT2D eigenvalue weighted by atomic mass is 10.1. The summed E-state index contributed by atoms with van der Waals surface area (Å²) in [7, 11) is 0. The van der Waals surface area contributed by atoms with E-state index in [9.17, 15) is 4.79 Å². The summed E-state index contributed by atoms with van der Waals surface area (Å²) in [6, 6.07) is 5.24. The third-order valence-electron chi connectivity index (χ3n) is 3.54. The van der Waals surface area contributed by atoms with Crippen LogP contribution in [0.2, 0.25) is 0 Å². The number of allylic oxidation sites excluding steroid dienone is 2. The molecule has 2 aromatic rings. The second-order valence-electron chi connectivity index (χ2n) is 4.98. The Labute approximate surface area is 130 Å². The number of aliphatic imine (C=N–C) groups is 1. The molecule has 0 aliphatic rings. The minimum absolute atomic E-state index is 0.313. The predicted molar refractivity (Wildman–Crippen MR) is 90.7 cm³/mol. The van der Waals surface area contributed by atoms with E-state index in [0.717, 1.165) is 28.6 Å². The van der Waals surface area contributed by atoms with Crippen LogP contribution in [0.1, 0.15) is 29.8 Å². The van der Waals surface area contributed by atoms with E-state index < -0.39 is 5.97 Å². The molecule has 1 N–H and O–H groups in total. The van der Waals surface area contributed by atoms with Crippen molar-refractivity contribution < 1.29 is 9.90 Å². The minimum atomic E-state index is -0.903. The summed E-state index contributed by atoms with van der Waals surface area (Å²) >= 11 is 0. The fourth-order valence-corrected chi connectivity index (χ4v) is 2.54. The van der Waals surface area contributed by atoms with Gasteiger partial charge in [-0.05, 0) is 43.2 Å². The van der Waals surface area contributed by atoms with Crippen molar-refractivity contribution in [3.63, 3.8) is 0 Å². The fourth-order valence-electron chi connectivity index (χ4n) is 2.54. The van der Waals surface area contributed by atoms with Crippen molar-refractivity contribution in [1.82, 2.24) is 4.57 Å². The first-order chi connectivity index (χ1) is 10.6. The van der Waals surface area contributed by atoms with Crippen molar-refractivity contribution in [3.8, 4) is 0 Å². The molecule has 4 heteroatoms. The summed E-state index contributed by atoms with van der Waals surface area (Å²) in [5, 5.41) is 10.1. The Morgan fingerprint density at radius 1 is 1.45 bits per heavy atom. The molecule has 0 saturated carbocycles. The van der Waals surface area contributed by atoms with Gasteiger partial charge in [0.25, 0.3) is 0 Å². The van der Waals surface area contributed by atoms with E-state index in [0.29, 0.717) is 12.1 Å².